The topological polar surface area (TPSA) is 58.6 Å². The van der Waals surface area contributed by atoms with Crippen LogP contribution in [-0.4, -0.2) is 29.3 Å². The van der Waals surface area contributed by atoms with Gasteiger partial charge >= 0.3 is 5.97 Å². The van der Waals surface area contributed by atoms with Crippen LogP contribution in [0.1, 0.15) is 42.6 Å². The van der Waals surface area contributed by atoms with Crippen LogP contribution >= 0.6 is 0 Å². The Kier molecular flexibility index (Phi) is 4.56. The first-order valence-electron chi connectivity index (χ1n) is 6.75. The molecule has 4 heteroatoms. The molecule has 1 aromatic carbocycles. The summed E-state index contributed by atoms with van der Waals surface area (Å²) in [6.45, 7) is 4.82. The van der Waals surface area contributed by atoms with Gasteiger partial charge in [-0.05, 0) is 44.4 Å². The number of hydrogen-bond acceptors (Lipinski definition) is 3. The number of benzene rings is 1. The molecule has 0 saturated heterocycles. The van der Waals surface area contributed by atoms with Gasteiger partial charge in [0.15, 0.2) is 0 Å². The van der Waals surface area contributed by atoms with Crippen LogP contribution in [0.5, 0.6) is 0 Å². The molecule has 1 aromatic rings. The zero-order chi connectivity index (χ0) is 13.8. The molecule has 1 aliphatic rings. The fourth-order valence-electron chi connectivity index (χ4n) is 2.30. The van der Waals surface area contributed by atoms with Crippen LogP contribution in [-0.2, 0) is 11.3 Å². The summed E-state index contributed by atoms with van der Waals surface area (Å²) >= 11 is 0. The van der Waals surface area contributed by atoms with Gasteiger partial charge in [-0.3, -0.25) is 0 Å². The predicted molar refractivity (Wildman–Crippen MR) is 73.3 cm³/mol. The second kappa shape index (κ2) is 6.17. The average molecular weight is 263 g/mol. The summed E-state index contributed by atoms with van der Waals surface area (Å²) in [4.78, 5) is 10.9. The number of hydrogen-bond donors (Lipinski definition) is 2. The highest BCUT2D eigenvalue weighted by atomic mass is 16.5. The lowest BCUT2D eigenvalue weighted by atomic mass is 9.89. The van der Waals surface area contributed by atoms with E-state index in [1.165, 1.54) is 0 Å². The van der Waals surface area contributed by atoms with Crippen molar-refractivity contribution in [2.45, 2.75) is 51.5 Å². The molecule has 0 atom stereocenters. The van der Waals surface area contributed by atoms with E-state index >= 15 is 0 Å². The van der Waals surface area contributed by atoms with Crippen molar-refractivity contribution in [1.29, 1.82) is 0 Å². The number of ether oxygens (including phenoxy) is 1. The van der Waals surface area contributed by atoms with Gasteiger partial charge in [-0.25, -0.2) is 4.79 Å². The summed E-state index contributed by atoms with van der Waals surface area (Å²) in [7, 11) is 0. The Balaban J connectivity index is 1.75. The third-order valence-electron chi connectivity index (χ3n) is 3.33. The highest BCUT2D eigenvalue weighted by Crippen LogP contribution is 2.24. The van der Waals surface area contributed by atoms with Crippen molar-refractivity contribution in [3.8, 4) is 0 Å². The Morgan fingerprint density at radius 3 is 2.84 bits per heavy atom. The van der Waals surface area contributed by atoms with Crippen LogP contribution in [0.3, 0.4) is 0 Å². The first-order chi connectivity index (χ1) is 9.04. The molecule has 19 heavy (non-hydrogen) atoms. The Morgan fingerprint density at radius 1 is 1.47 bits per heavy atom. The summed E-state index contributed by atoms with van der Waals surface area (Å²) < 4.78 is 5.70. The molecular weight excluding hydrogens is 242 g/mol. The van der Waals surface area contributed by atoms with E-state index in [9.17, 15) is 4.79 Å². The Morgan fingerprint density at radius 2 is 2.21 bits per heavy atom. The zero-order valence-electron chi connectivity index (χ0n) is 11.4. The van der Waals surface area contributed by atoms with Crippen molar-refractivity contribution >= 4 is 5.97 Å². The summed E-state index contributed by atoms with van der Waals surface area (Å²) in [5.74, 6) is -0.879. The Hall–Kier alpha value is -1.39. The molecular formula is C15H21NO3. The normalized spacial score (nSPS) is 22.3. The second-order valence-electron chi connectivity index (χ2n) is 5.36. The van der Waals surface area contributed by atoms with E-state index in [4.69, 9.17) is 9.84 Å². The van der Waals surface area contributed by atoms with Gasteiger partial charge in [0.2, 0.25) is 0 Å². The van der Waals surface area contributed by atoms with Crippen molar-refractivity contribution in [3.05, 3.63) is 35.4 Å². The minimum absolute atomic E-state index is 0.290. The first kappa shape index (κ1) is 14.0. The molecule has 4 nitrogen and oxygen atoms in total. The van der Waals surface area contributed by atoms with E-state index < -0.39 is 5.97 Å². The van der Waals surface area contributed by atoms with Crippen molar-refractivity contribution in [1.82, 2.24) is 5.32 Å². The lowest BCUT2D eigenvalue weighted by molar-refractivity contribution is -0.0500. The van der Waals surface area contributed by atoms with E-state index in [0.717, 1.165) is 18.4 Å². The lowest BCUT2D eigenvalue weighted by Gasteiger charge is -2.37. The second-order valence-corrected chi connectivity index (χ2v) is 5.36. The van der Waals surface area contributed by atoms with Crippen molar-refractivity contribution < 1.29 is 14.6 Å². The van der Waals surface area contributed by atoms with E-state index in [0.29, 0.717) is 24.3 Å². The summed E-state index contributed by atoms with van der Waals surface area (Å²) in [5, 5.41) is 12.4. The van der Waals surface area contributed by atoms with Crippen LogP contribution in [0.15, 0.2) is 24.3 Å². The minimum atomic E-state index is -0.879. The van der Waals surface area contributed by atoms with Crippen LogP contribution in [0.2, 0.25) is 0 Å². The maximum Gasteiger partial charge on any atom is 0.335 e. The van der Waals surface area contributed by atoms with Crippen molar-refractivity contribution in [2.24, 2.45) is 0 Å². The van der Waals surface area contributed by atoms with Gasteiger partial charge < -0.3 is 15.2 Å². The number of rotatable bonds is 6. The van der Waals surface area contributed by atoms with Gasteiger partial charge in [-0.15, -0.1) is 0 Å². The molecule has 1 saturated carbocycles. The highest BCUT2D eigenvalue weighted by molar-refractivity contribution is 5.87. The number of carboxylic acid groups (broad SMARTS) is 1. The lowest BCUT2D eigenvalue weighted by Crippen LogP contribution is -2.45. The number of carboxylic acids is 1. The minimum Gasteiger partial charge on any atom is -0.478 e. The maximum atomic E-state index is 10.9. The van der Waals surface area contributed by atoms with E-state index in [1.54, 1.807) is 18.2 Å². The average Bonchev–Trinajstić information content (AvgIpc) is 2.31. The monoisotopic (exact) mass is 263 g/mol. The van der Waals surface area contributed by atoms with E-state index in [1.807, 2.05) is 6.07 Å². The molecule has 104 valence electrons. The molecule has 0 aromatic heterocycles. The quantitative estimate of drug-likeness (QED) is 0.827. The molecule has 0 aliphatic heterocycles. The fraction of sp³-hybridized carbons (Fsp3) is 0.533. The van der Waals surface area contributed by atoms with Gasteiger partial charge in [0, 0.05) is 12.6 Å². The van der Waals surface area contributed by atoms with Gasteiger partial charge in [0.05, 0.1) is 17.8 Å². The van der Waals surface area contributed by atoms with Crippen molar-refractivity contribution in [2.75, 3.05) is 0 Å². The van der Waals surface area contributed by atoms with E-state index in [2.05, 4.69) is 19.2 Å². The summed E-state index contributed by atoms with van der Waals surface area (Å²) in [5.41, 5.74) is 1.35. The summed E-state index contributed by atoms with van der Waals surface area (Å²) in [6, 6.07) is 7.54. The number of carbonyl (C=O) groups is 1. The standard InChI is InChI=1S/C15H21NO3/c1-10(2)19-14-7-13(8-14)16-9-11-4-3-5-12(6-11)15(17)18/h3-6,10,13-14,16H,7-9H2,1-2H3,(H,17,18). The maximum absolute atomic E-state index is 10.9. The van der Waals surface area contributed by atoms with Crippen molar-refractivity contribution in [3.63, 3.8) is 0 Å². The molecule has 0 heterocycles. The number of nitrogens with one attached hydrogen (secondary N) is 1. The molecule has 2 rings (SSSR count). The molecule has 0 amide bonds. The van der Waals surface area contributed by atoms with E-state index in [-0.39, 0.29) is 6.10 Å². The zero-order valence-corrected chi connectivity index (χ0v) is 11.4. The third-order valence-corrected chi connectivity index (χ3v) is 3.33. The predicted octanol–water partition coefficient (Wildman–Crippen LogP) is 2.43. The molecule has 2 N–H and O–H groups in total. The van der Waals surface area contributed by atoms with Gasteiger partial charge in [0.25, 0.3) is 0 Å². The third kappa shape index (κ3) is 4.04. The van der Waals surface area contributed by atoms with Crippen LogP contribution < -0.4 is 5.32 Å². The van der Waals surface area contributed by atoms with Gasteiger partial charge in [0.1, 0.15) is 0 Å². The van der Waals surface area contributed by atoms with Gasteiger partial charge in [-0.1, -0.05) is 12.1 Å². The first-order valence-corrected chi connectivity index (χ1v) is 6.75. The highest BCUT2D eigenvalue weighted by Gasteiger charge is 2.29. The molecule has 1 aliphatic carbocycles. The summed E-state index contributed by atoms with van der Waals surface area (Å²) in [6.07, 6.45) is 2.74. The molecule has 0 spiro atoms. The molecule has 0 radical (unpaired) electrons. The fourth-order valence-corrected chi connectivity index (χ4v) is 2.30. The van der Waals surface area contributed by atoms with Gasteiger partial charge in [-0.2, -0.15) is 0 Å². The van der Waals surface area contributed by atoms with Crippen LogP contribution in [0.4, 0.5) is 0 Å². The Bertz CT molecular complexity index is 439. The van der Waals surface area contributed by atoms with Crippen LogP contribution in [0, 0.1) is 0 Å². The molecule has 0 unspecified atom stereocenters. The SMILES string of the molecule is CC(C)OC1CC(NCc2cccc(C(=O)O)c2)C1. The van der Waals surface area contributed by atoms with Crippen LogP contribution in [0.25, 0.3) is 0 Å². The number of aromatic carboxylic acids is 1. The molecule has 0 bridgehead atoms. The largest absolute Gasteiger partial charge is 0.478 e. The molecule has 1 fully saturated rings. The Labute approximate surface area is 113 Å². The smallest absolute Gasteiger partial charge is 0.335 e.